The van der Waals surface area contributed by atoms with Gasteiger partial charge in [-0.2, -0.15) is 0 Å². The number of nitrogens with one attached hydrogen (secondary N) is 1. The monoisotopic (exact) mass is 199 g/mol. The van der Waals surface area contributed by atoms with Gasteiger partial charge in [-0.25, -0.2) is 0 Å². The van der Waals surface area contributed by atoms with Crippen LogP contribution in [-0.2, 0) is 0 Å². The van der Waals surface area contributed by atoms with Crippen molar-refractivity contribution in [3.63, 3.8) is 0 Å². The fourth-order valence-corrected chi connectivity index (χ4v) is 1.80. The van der Waals surface area contributed by atoms with E-state index in [1.807, 2.05) is 0 Å². The number of oxime groups is 1. The second kappa shape index (κ2) is 4.64. The molecule has 0 heterocycles. The third kappa shape index (κ3) is 3.18. The van der Waals surface area contributed by atoms with Gasteiger partial charge in [0.15, 0.2) is 0 Å². The average Bonchev–Trinajstić information content (AvgIpc) is 2.11. The Labute approximate surface area is 85.6 Å². The molecular formula is C10H21N3O. The van der Waals surface area contributed by atoms with Crippen LogP contribution in [0, 0.1) is 5.41 Å². The molecule has 1 saturated carbocycles. The van der Waals surface area contributed by atoms with Crippen LogP contribution in [0.5, 0.6) is 0 Å². The Hall–Kier alpha value is -0.770. The van der Waals surface area contributed by atoms with Crippen molar-refractivity contribution in [1.29, 1.82) is 0 Å². The van der Waals surface area contributed by atoms with Gasteiger partial charge in [-0.15, -0.1) is 0 Å². The summed E-state index contributed by atoms with van der Waals surface area (Å²) in [5.74, 6) is 0.295. The Morgan fingerprint density at radius 3 is 2.71 bits per heavy atom. The second-order valence-electron chi connectivity index (χ2n) is 4.74. The van der Waals surface area contributed by atoms with Crippen LogP contribution in [0.3, 0.4) is 0 Å². The molecule has 1 atom stereocenters. The molecule has 14 heavy (non-hydrogen) atoms. The van der Waals surface area contributed by atoms with Crippen molar-refractivity contribution in [2.75, 3.05) is 6.54 Å². The molecule has 1 aliphatic rings. The first-order valence-corrected chi connectivity index (χ1v) is 5.25. The van der Waals surface area contributed by atoms with E-state index in [9.17, 15) is 0 Å². The number of amidine groups is 1. The molecule has 1 fully saturated rings. The van der Waals surface area contributed by atoms with Gasteiger partial charge in [0.25, 0.3) is 0 Å². The molecule has 0 bridgehead atoms. The summed E-state index contributed by atoms with van der Waals surface area (Å²) >= 11 is 0. The van der Waals surface area contributed by atoms with Crippen LogP contribution in [-0.4, -0.2) is 23.6 Å². The molecule has 0 saturated heterocycles. The van der Waals surface area contributed by atoms with Crippen molar-refractivity contribution in [2.45, 2.75) is 45.6 Å². The molecule has 0 aliphatic heterocycles. The number of hydrogen-bond acceptors (Lipinski definition) is 3. The minimum Gasteiger partial charge on any atom is -0.409 e. The zero-order chi connectivity index (χ0) is 10.6. The van der Waals surface area contributed by atoms with Crippen LogP contribution < -0.4 is 11.1 Å². The highest BCUT2D eigenvalue weighted by atomic mass is 16.4. The Kier molecular flexibility index (Phi) is 3.75. The SMILES string of the molecule is CC(CC(N)=NO)NCC1(C)CCC1. The van der Waals surface area contributed by atoms with Crippen molar-refractivity contribution in [3.05, 3.63) is 0 Å². The van der Waals surface area contributed by atoms with Crippen molar-refractivity contribution in [3.8, 4) is 0 Å². The number of nitrogens with zero attached hydrogens (tertiary/aromatic N) is 1. The van der Waals surface area contributed by atoms with Crippen LogP contribution >= 0.6 is 0 Å². The first-order chi connectivity index (χ1) is 6.56. The Bertz CT molecular complexity index is 211. The van der Waals surface area contributed by atoms with Crippen LogP contribution in [0.1, 0.15) is 39.5 Å². The molecular weight excluding hydrogens is 178 g/mol. The van der Waals surface area contributed by atoms with Gasteiger partial charge in [0.1, 0.15) is 5.84 Å². The summed E-state index contributed by atoms with van der Waals surface area (Å²) in [6.45, 7) is 5.40. The highest BCUT2D eigenvalue weighted by molar-refractivity contribution is 5.80. The van der Waals surface area contributed by atoms with E-state index >= 15 is 0 Å². The molecule has 4 nitrogen and oxygen atoms in total. The van der Waals surface area contributed by atoms with Gasteiger partial charge < -0.3 is 16.3 Å². The van der Waals surface area contributed by atoms with E-state index in [4.69, 9.17) is 10.9 Å². The van der Waals surface area contributed by atoms with E-state index in [0.717, 1.165) is 6.54 Å². The number of nitrogens with two attached hydrogens (primary N) is 1. The van der Waals surface area contributed by atoms with Gasteiger partial charge in [-0.05, 0) is 25.2 Å². The lowest BCUT2D eigenvalue weighted by Crippen LogP contribution is -2.42. The summed E-state index contributed by atoms with van der Waals surface area (Å²) in [7, 11) is 0. The van der Waals surface area contributed by atoms with Gasteiger partial charge in [-0.1, -0.05) is 18.5 Å². The predicted molar refractivity (Wildman–Crippen MR) is 57.4 cm³/mol. The van der Waals surface area contributed by atoms with Crippen molar-refractivity contribution in [1.82, 2.24) is 5.32 Å². The Morgan fingerprint density at radius 1 is 1.64 bits per heavy atom. The van der Waals surface area contributed by atoms with Gasteiger partial charge >= 0.3 is 0 Å². The van der Waals surface area contributed by atoms with E-state index in [-0.39, 0.29) is 6.04 Å². The van der Waals surface area contributed by atoms with E-state index in [2.05, 4.69) is 24.3 Å². The molecule has 0 spiro atoms. The Balaban J connectivity index is 2.17. The van der Waals surface area contributed by atoms with Gasteiger partial charge in [0.2, 0.25) is 0 Å². The van der Waals surface area contributed by atoms with Gasteiger partial charge in [0.05, 0.1) is 0 Å². The molecule has 4 N–H and O–H groups in total. The summed E-state index contributed by atoms with van der Waals surface area (Å²) in [5, 5.41) is 14.8. The highest BCUT2D eigenvalue weighted by Crippen LogP contribution is 2.39. The van der Waals surface area contributed by atoms with Gasteiger partial charge in [0, 0.05) is 19.0 Å². The van der Waals surface area contributed by atoms with Crippen molar-refractivity contribution in [2.24, 2.45) is 16.3 Å². The van der Waals surface area contributed by atoms with E-state index in [0.29, 0.717) is 17.7 Å². The smallest absolute Gasteiger partial charge is 0.140 e. The lowest BCUT2D eigenvalue weighted by Gasteiger charge is -2.39. The summed E-state index contributed by atoms with van der Waals surface area (Å²) in [4.78, 5) is 0. The van der Waals surface area contributed by atoms with E-state index in [1.54, 1.807) is 0 Å². The summed E-state index contributed by atoms with van der Waals surface area (Å²) in [5.41, 5.74) is 5.91. The van der Waals surface area contributed by atoms with E-state index < -0.39 is 0 Å². The van der Waals surface area contributed by atoms with Crippen LogP contribution in [0.4, 0.5) is 0 Å². The van der Waals surface area contributed by atoms with Crippen LogP contribution in [0.2, 0.25) is 0 Å². The van der Waals surface area contributed by atoms with Gasteiger partial charge in [-0.3, -0.25) is 0 Å². The minimum absolute atomic E-state index is 0.281. The standard InChI is InChI=1S/C10H21N3O/c1-8(6-9(11)13-14)12-7-10(2)4-3-5-10/h8,12,14H,3-7H2,1-2H3,(H2,11,13). The highest BCUT2D eigenvalue weighted by Gasteiger charge is 2.31. The molecule has 0 amide bonds. The molecule has 1 rings (SSSR count). The maximum Gasteiger partial charge on any atom is 0.140 e. The Morgan fingerprint density at radius 2 is 2.29 bits per heavy atom. The number of hydrogen-bond donors (Lipinski definition) is 3. The van der Waals surface area contributed by atoms with Crippen molar-refractivity contribution < 1.29 is 5.21 Å². The summed E-state index contributed by atoms with van der Waals surface area (Å²) in [6.07, 6.45) is 4.59. The third-order valence-corrected chi connectivity index (χ3v) is 3.08. The zero-order valence-corrected chi connectivity index (χ0v) is 9.08. The van der Waals surface area contributed by atoms with E-state index in [1.165, 1.54) is 19.3 Å². The first kappa shape index (κ1) is 11.3. The lowest BCUT2D eigenvalue weighted by atomic mass is 9.70. The molecule has 0 aromatic heterocycles. The molecule has 1 aliphatic carbocycles. The fraction of sp³-hybridized carbons (Fsp3) is 0.900. The third-order valence-electron chi connectivity index (χ3n) is 3.08. The lowest BCUT2D eigenvalue weighted by molar-refractivity contribution is 0.152. The predicted octanol–water partition coefficient (Wildman–Crippen LogP) is 1.29. The zero-order valence-electron chi connectivity index (χ0n) is 9.08. The maximum atomic E-state index is 8.40. The first-order valence-electron chi connectivity index (χ1n) is 5.25. The quantitative estimate of drug-likeness (QED) is 0.270. The van der Waals surface area contributed by atoms with Crippen LogP contribution in [0.15, 0.2) is 5.16 Å². The van der Waals surface area contributed by atoms with Crippen molar-refractivity contribution >= 4 is 5.84 Å². The summed E-state index contributed by atoms with van der Waals surface area (Å²) in [6, 6.07) is 0.281. The second-order valence-corrected chi connectivity index (χ2v) is 4.74. The minimum atomic E-state index is 0.281. The average molecular weight is 199 g/mol. The normalized spacial score (nSPS) is 22.9. The summed E-state index contributed by atoms with van der Waals surface area (Å²) < 4.78 is 0. The molecule has 0 aromatic rings. The topological polar surface area (TPSA) is 70.6 Å². The largest absolute Gasteiger partial charge is 0.409 e. The molecule has 4 heteroatoms. The van der Waals surface area contributed by atoms with Crippen LogP contribution in [0.25, 0.3) is 0 Å². The molecule has 0 radical (unpaired) electrons. The molecule has 0 aromatic carbocycles. The fourth-order valence-electron chi connectivity index (χ4n) is 1.80. The molecule has 82 valence electrons. The maximum absolute atomic E-state index is 8.40. The number of rotatable bonds is 5. The molecule has 1 unspecified atom stereocenters.